The summed E-state index contributed by atoms with van der Waals surface area (Å²) < 4.78 is 0. The quantitative estimate of drug-likeness (QED) is 0.869. The van der Waals surface area contributed by atoms with Crippen molar-refractivity contribution in [2.75, 3.05) is 20.1 Å². The van der Waals surface area contributed by atoms with Crippen LogP contribution in [-0.4, -0.2) is 31.1 Å². The maximum absolute atomic E-state index is 9.23. The van der Waals surface area contributed by atoms with E-state index < -0.39 is 0 Å². The smallest absolute Gasteiger partial charge is 0.125 e. The maximum Gasteiger partial charge on any atom is 0.125 e. The van der Waals surface area contributed by atoms with Gasteiger partial charge >= 0.3 is 0 Å². The minimum Gasteiger partial charge on any atom is -0.315 e. The zero-order valence-electron chi connectivity index (χ0n) is 9.15. The van der Waals surface area contributed by atoms with Gasteiger partial charge in [0, 0.05) is 29.7 Å². The van der Waals surface area contributed by atoms with Gasteiger partial charge in [-0.2, -0.15) is 5.26 Å². The molecule has 1 aliphatic heterocycles. The van der Waals surface area contributed by atoms with Gasteiger partial charge in [0.2, 0.25) is 0 Å². The molecule has 84 valence electrons. The average molecular weight is 236 g/mol. The van der Waals surface area contributed by atoms with Gasteiger partial charge in [0.15, 0.2) is 0 Å². The fraction of sp³-hybridized carbons (Fsp3) is 0.417. The van der Waals surface area contributed by atoms with E-state index in [-0.39, 0.29) is 6.04 Å². The number of hydrogen-bond acceptors (Lipinski definition) is 3. The molecule has 0 amide bonds. The van der Waals surface area contributed by atoms with E-state index in [1.54, 1.807) is 0 Å². The van der Waals surface area contributed by atoms with Gasteiger partial charge in [-0.3, -0.25) is 4.90 Å². The number of halogens is 1. The molecule has 4 heteroatoms. The zero-order chi connectivity index (χ0) is 11.5. The molecule has 0 aromatic heterocycles. The molecule has 1 aliphatic rings. The van der Waals surface area contributed by atoms with Gasteiger partial charge < -0.3 is 5.32 Å². The molecule has 1 unspecified atom stereocenters. The third-order valence-electron chi connectivity index (χ3n) is 3.01. The van der Waals surface area contributed by atoms with Crippen LogP contribution in [0.1, 0.15) is 11.6 Å². The highest BCUT2D eigenvalue weighted by Gasteiger charge is 2.32. The first-order valence-electron chi connectivity index (χ1n) is 5.31. The molecule has 0 aliphatic carbocycles. The van der Waals surface area contributed by atoms with Crippen molar-refractivity contribution in [1.29, 1.82) is 5.26 Å². The third-order valence-corrected chi connectivity index (χ3v) is 3.35. The molecule has 1 N–H and O–H groups in total. The number of nitriles is 1. The Kier molecular flexibility index (Phi) is 3.45. The van der Waals surface area contributed by atoms with Gasteiger partial charge in [-0.1, -0.05) is 29.8 Å². The minimum atomic E-state index is -0.224. The summed E-state index contributed by atoms with van der Waals surface area (Å²) in [7, 11) is 1.94. The normalized spacial score (nSPS) is 18.8. The van der Waals surface area contributed by atoms with E-state index in [2.05, 4.69) is 16.3 Å². The van der Waals surface area contributed by atoms with Gasteiger partial charge in [-0.15, -0.1) is 0 Å². The molecular weight excluding hydrogens is 222 g/mol. The number of likely N-dealkylation sites (tertiary alicyclic amines) is 1. The lowest BCUT2D eigenvalue weighted by molar-refractivity contribution is 0.104. The molecule has 0 saturated carbocycles. The van der Waals surface area contributed by atoms with Crippen LogP contribution in [0.5, 0.6) is 0 Å². The highest BCUT2D eigenvalue weighted by Crippen LogP contribution is 2.29. The topological polar surface area (TPSA) is 39.1 Å². The summed E-state index contributed by atoms with van der Waals surface area (Å²) in [5, 5.41) is 13.1. The van der Waals surface area contributed by atoms with Crippen molar-refractivity contribution in [1.82, 2.24) is 10.2 Å². The maximum atomic E-state index is 9.23. The van der Waals surface area contributed by atoms with Crippen LogP contribution in [0.25, 0.3) is 0 Å². The summed E-state index contributed by atoms with van der Waals surface area (Å²) in [6.45, 7) is 1.81. The SMILES string of the molecule is CNC1CN(C(C#N)c2ccccc2Cl)C1. The predicted molar refractivity (Wildman–Crippen MR) is 64.2 cm³/mol. The van der Waals surface area contributed by atoms with Crippen molar-refractivity contribution in [2.24, 2.45) is 0 Å². The second-order valence-corrected chi connectivity index (χ2v) is 4.40. The Hall–Kier alpha value is -1.08. The Labute approximate surface area is 101 Å². The number of likely N-dealkylation sites (N-methyl/N-ethyl adjacent to an activating group) is 1. The van der Waals surface area contributed by atoms with E-state index in [1.165, 1.54) is 0 Å². The molecule has 1 saturated heterocycles. The van der Waals surface area contributed by atoms with Gasteiger partial charge in [0.1, 0.15) is 6.04 Å². The van der Waals surface area contributed by atoms with E-state index in [4.69, 9.17) is 11.6 Å². The summed E-state index contributed by atoms with van der Waals surface area (Å²) >= 11 is 6.10. The van der Waals surface area contributed by atoms with Crippen molar-refractivity contribution in [3.8, 4) is 6.07 Å². The lowest BCUT2D eigenvalue weighted by Crippen LogP contribution is -2.57. The molecule has 1 aromatic carbocycles. The fourth-order valence-electron chi connectivity index (χ4n) is 1.95. The lowest BCUT2D eigenvalue weighted by Gasteiger charge is -2.41. The van der Waals surface area contributed by atoms with Crippen LogP contribution in [-0.2, 0) is 0 Å². The number of benzene rings is 1. The van der Waals surface area contributed by atoms with E-state index in [1.807, 2.05) is 31.3 Å². The van der Waals surface area contributed by atoms with Gasteiger partial charge in [-0.05, 0) is 13.1 Å². The van der Waals surface area contributed by atoms with Crippen molar-refractivity contribution < 1.29 is 0 Å². The average Bonchev–Trinajstić information content (AvgIpc) is 2.24. The highest BCUT2D eigenvalue weighted by atomic mass is 35.5. The van der Waals surface area contributed by atoms with E-state index >= 15 is 0 Å². The number of rotatable bonds is 3. The lowest BCUT2D eigenvalue weighted by atomic mass is 10.0. The molecule has 1 heterocycles. The first-order valence-corrected chi connectivity index (χ1v) is 5.69. The highest BCUT2D eigenvalue weighted by molar-refractivity contribution is 6.31. The van der Waals surface area contributed by atoms with Crippen molar-refractivity contribution in [2.45, 2.75) is 12.1 Å². The van der Waals surface area contributed by atoms with Crippen LogP contribution in [0.2, 0.25) is 5.02 Å². The Bertz CT molecular complexity index is 407. The zero-order valence-corrected chi connectivity index (χ0v) is 9.91. The van der Waals surface area contributed by atoms with Gasteiger partial charge in [-0.25, -0.2) is 0 Å². The second kappa shape index (κ2) is 4.84. The first kappa shape index (κ1) is 11.4. The molecule has 1 atom stereocenters. The molecule has 3 nitrogen and oxygen atoms in total. The molecule has 0 radical (unpaired) electrons. The molecular formula is C12H14ClN3. The Morgan fingerprint density at radius 1 is 1.50 bits per heavy atom. The third kappa shape index (κ3) is 2.05. The summed E-state index contributed by atoms with van der Waals surface area (Å²) in [4.78, 5) is 2.13. The van der Waals surface area contributed by atoms with Gasteiger partial charge in [0.05, 0.1) is 6.07 Å². The Balaban J connectivity index is 2.13. The number of hydrogen-bond donors (Lipinski definition) is 1. The monoisotopic (exact) mass is 235 g/mol. The number of nitrogens with one attached hydrogen (secondary N) is 1. The van der Waals surface area contributed by atoms with Crippen LogP contribution in [0.4, 0.5) is 0 Å². The first-order chi connectivity index (χ1) is 7.76. The summed E-state index contributed by atoms with van der Waals surface area (Å²) in [5.41, 5.74) is 0.904. The van der Waals surface area contributed by atoms with Crippen LogP contribution < -0.4 is 5.32 Å². The van der Waals surface area contributed by atoms with Crippen LogP contribution in [0.15, 0.2) is 24.3 Å². The van der Waals surface area contributed by atoms with Crippen molar-refractivity contribution in [3.05, 3.63) is 34.9 Å². The molecule has 2 rings (SSSR count). The van der Waals surface area contributed by atoms with Crippen LogP contribution >= 0.6 is 11.6 Å². The Morgan fingerprint density at radius 3 is 2.75 bits per heavy atom. The number of nitrogens with zero attached hydrogens (tertiary/aromatic N) is 2. The molecule has 0 bridgehead atoms. The molecule has 16 heavy (non-hydrogen) atoms. The largest absolute Gasteiger partial charge is 0.315 e. The fourth-order valence-corrected chi connectivity index (χ4v) is 2.19. The predicted octanol–water partition coefficient (Wildman–Crippen LogP) is 1.81. The Morgan fingerprint density at radius 2 is 2.19 bits per heavy atom. The van der Waals surface area contributed by atoms with E-state index in [9.17, 15) is 5.26 Å². The standard InChI is InChI=1S/C12H14ClN3/c1-15-9-7-16(8-9)12(6-14)10-4-2-3-5-11(10)13/h2-5,9,12,15H,7-8H2,1H3. The van der Waals surface area contributed by atoms with Crippen molar-refractivity contribution >= 4 is 11.6 Å². The van der Waals surface area contributed by atoms with Gasteiger partial charge in [0.25, 0.3) is 0 Å². The molecule has 0 spiro atoms. The van der Waals surface area contributed by atoms with Crippen LogP contribution in [0.3, 0.4) is 0 Å². The molecule has 1 fully saturated rings. The van der Waals surface area contributed by atoms with E-state index in [0.717, 1.165) is 18.7 Å². The van der Waals surface area contributed by atoms with Crippen LogP contribution in [0, 0.1) is 11.3 Å². The summed E-state index contributed by atoms with van der Waals surface area (Å²) in [5.74, 6) is 0. The van der Waals surface area contributed by atoms with E-state index in [0.29, 0.717) is 11.1 Å². The minimum absolute atomic E-state index is 0.224. The summed E-state index contributed by atoms with van der Waals surface area (Å²) in [6, 6.07) is 10.1. The molecule has 1 aromatic rings. The summed E-state index contributed by atoms with van der Waals surface area (Å²) in [6.07, 6.45) is 0. The van der Waals surface area contributed by atoms with Crippen molar-refractivity contribution in [3.63, 3.8) is 0 Å². The second-order valence-electron chi connectivity index (χ2n) is 3.99.